The molecule has 1 aromatic heterocycles. The summed E-state index contributed by atoms with van der Waals surface area (Å²) in [6, 6.07) is 9.62. The number of alkyl halides is 1. The molecule has 84 valence electrons. The van der Waals surface area contributed by atoms with Crippen molar-refractivity contribution in [1.82, 2.24) is 9.78 Å². The van der Waals surface area contributed by atoms with E-state index in [1.807, 2.05) is 30.3 Å². The predicted octanol–water partition coefficient (Wildman–Crippen LogP) is 1.92. The van der Waals surface area contributed by atoms with E-state index in [-0.39, 0.29) is 6.42 Å². The Morgan fingerprint density at radius 3 is 2.69 bits per heavy atom. The third-order valence-corrected chi connectivity index (χ3v) is 2.45. The first-order valence-electron chi connectivity index (χ1n) is 5.07. The molecule has 0 spiro atoms. The van der Waals surface area contributed by atoms with E-state index in [2.05, 4.69) is 5.10 Å². The number of aromatic nitrogens is 2. The van der Waals surface area contributed by atoms with Gasteiger partial charge in [0.1, 0.15) is 0 Å². The van der Waals surface area contributed by atoms with Gasteiger partial charge in [0.15, 0.2) is 0 Å². The average Bonchev–Trinajstić information content (AvgIpc) is 2.60. The minimum atomic E-state index is -1.84. The number of aryl methyl sites for hydroxylation is 1. The zero-order chi connectivity index (χ0) is 11.5. The first-order chi connectivity index (χ1) is 7.68. The highest BCUT2D eigenvalue weighted by molar-refractivity contribution is 5.63. The van der Waals surface area contributed by atoms with Gasteiger partial charge in [-0.05, 0) is 0 Å². The topological polar surface area (TPSA) is 38.0 Å². The standard InChI is InChI=1S/C12H13FN2O/c1-15-12(9-5-3-2-4-6-9)10(8-14-15)7-11(13)16/h2-6,8,11,16H,7H2,1H3. The van der Waals surface area contributed by atoms with Crippen LogP contribution in [-0.2, 0) is 13.5 Å². The van der Waals surface area contributed by atoms with Crippen LogP contribution in [-0.4, -0.2) is 21.2 Å². The number of aliphatic hydroxyl groups is 1. The summed E-state index contributed by atoms with van der Waals surface area (Å²) in [5.74, 6) is 0. The lowest BCUT2D eigenvalue weighted by Gasteiger charge is -2.06. The molecule has 0 saturated carbocycles. The monoisotopic (exact) mass is 220 g/mol. The average molecular weight is 220 g/mol. The first-order valence-corrected chi connectivity index (χ1v) is 5.07. The third-order valence-electron chi connectivity index (χ3n) is 2.45. The van der Waals surface area contributed by atoms with Crippen molar-refractivity contribution in [3.05, 3.63) is 42.1 Å². The van der Waals surface area contributed by atoms with Crippen LogP contribution in [0.2, 0.25) is 0 Å². The van der Waals surface area contributed by atoms with Crippen LogP contribution in [0.25, 0.3) is 11.3 Å². The van der Waals surface area contributed by atoms with E-state index in [4.69, 9.17) is 5.11 Å². The fourth-order valence-corrected chi connectivity index (χ4v) is 1.78. The Morgan fingerprint density at radius 1 is 1.38 bits per heavy atom. The largest absolute Gasteiger partial charge is 0.364 e. The van der Waals surface area contributed by atoms with Gasteiger partial charge in [0.05, 0.1) is 11.9 Å². The molecule has 1 N–H and O–H groups in total. The maximum atomic E-state index is 12.6. The summed E-state index contributed by atoms with van der Waals surface area (Å²) in [6.07, 6.45) is -0.282. The number of halogens is 1. The molecule has 0 aliphatic rings. The maximum absolute atomic E-state index is 12.6. The molecule has 16 heavy (non-hydrogen) atoms. The van der Waals surface area contributed by atoms with Crippen molar-refractivity contribution in [1.29, 1.82) is 0 Å². The molecule has 0 radical (unpaired) electrons. The van der Waals surface area contributed by atoms with Crippen molar-refractivity contribution in [3.8, 4) is 11.3 Å². The first kappa shape index (κ1) is 10.8. The third kappa shape index (κ3) is 2.12. The number of rotatable bonds is 3. The highest BCUT2D eigenvalue weighted by Crippen LogP contribution is 2.23. The van der Waals surface area contributed by atoms with E-state index in [0.29, 0.717) is 5.56 Å². The number of aliphatic hydroxyl groups excluding tert-OH is 1. The van der Waals surface area contributed by atoms with Crippen LogP contribution in [0.15, 0.2) is 36.5 Å². The second-order valence-corrected chi connectivity index (χ2v) is 3.65. The molecule has 0 amide bonds. The lowest BCUT2D eigenvalue weighted by molar-refractivity contribution is 0.0431. The smallest absolute Gasteiger partial charge is 0.200 e. The van der Waals surface area contributed by atoms with Crippen molar-refractivity contribution in [3.63, 3.8) is 0 Å². The molecule has 4 heteroatoms. The predicted molar refractivity (Wildman–Crippen MR) is 59.5 cm³/mol. The van der Waals surface area contributed by atoms with Gasteiger partial charge >= 0.3 is 0 Å². The molecule has 0 aliphatic carbocycles. The molecular weight excluding hydrogens is 207 g/mol. The summed E-state index contributed by atoms with van der Waals surface area (Å²) < 4.78 is 14.3. The summed E-state index contributed by atoms with van der Waals surface area (Å²) in [4.78, 5) is 0. The van der Waals surface area contributed by atoms with Crippen LogP contribution in [0.3, 0.4) is 0 Å². The van der Waals surface area contributed by atoms with E-state index in [1.54, 1.807) is 17.9 Å². The minimum Gasteiger partial charge on any atom is -0.364 e. The molecule has 1 unspecified atom stereocenters. The second kappa shape index (κ2) is 4.45. The Labute approximate surface area is 93.2 Å². The molecule has 2 aromatic rings. The Kier molecular flexibility index (Phi) is 3.01. The van der Waals surface area contributed by atoms with E-state index in [1.165, 1.54) is 0 Å². The Balaban J connectivity index is 2.43. The molecule has 3 nitrogen and oxygen atoms in total. The highest BCUT2D eigenvalue weighted by Gasteiger charge is 2.13. The van der Waals surface area contributed by atoms with Gasteiger partial charge in [-0.15, -0.1) is 0 Å². The van der Waals surface area contributed by atoms with Crippen molar-refractivity contribution in [2.24, 2.45) is 7.05 Å². The van der Waals surface area contributed by atoms with Crippen LogP contribution >= 0.6 is 0 Å². The maximum Gasteiger partial charge on any atom is 0.200 e. The molecule has 2 rings (SSSR count). The van der Waals surface area contributed by atoms with Gasteiger partial charge in [0.2, 0.25) is 6.36 Å². The fourth-order valence-electron chi connectivity index (χ4n) is 1.78. The van der Waals surface area contributed by atoms with Gasteiger partial charge in [-0.1, -0.05) is 30.3 Å². The Hall–Kier alpha value is -1.68. The van der Waals surface area contributed by atoms with E-state index in [0.717, 1.165) is 11.3 Å². The summed E-state index contributed by atoms with van der Waals surface area (Å²) >= 11 is 0. The van der Waals surface area contributed by atoms with E-state index < -0.39 is 6.36 Å². The molecule has 1 heterocycles. The lowest BCUT2D eigenvalue weighted by atomic mass is 10.1. The summed E-state index contributed by atoms with van der Waals surface area (Å²) in [7, 11) is 1.80. The van der Waals surface area contributed by atoms with Gasteiger partial charge in [-0.2, -0.15) is 5.10 Å². The van der Waals surface area contributed by atoms with Gasteiger partial charge in [0.25, 0.3) is 0 Å². The SMILES string of the molecule is Cn1ncc(CC(O)F)c1-c1ccccc1. The molecule has 1 aromatic carbocycles. The lowest BCUT2D eigenvalue weighted by Crippen LogP contribution is -2.03. The number of hydrogen-bond donors (Lipinski definition) is 1. The zero-order valence-corrected chi connectivity index (χ0v) is 8.97. The summed E-state index contributed by atoms with van der Waals surface area (Å²) in [6.45, 7) is 0. The van der Waals surface area contributed by atoms with E-state index in [9.17, 15) is 4.39 Å². The molecule has 0 saturated heterocycles. The molecule has 0 bridgehead atoms. The van der Waals surface area contributed by atoms with Crippen LogP contribution in [0.4, 0.5) is 4.39 Å². The van der Waals surface area contributed by atoms with Crippen molar-refractivity contribution < 1.29 is 9.50 Å². The Bertz CT molecular complexity index is 465. The van der Waals surface area contributed by atoms with Crippen LogP contribution in [0, 0.1) is 0 Å². The van der Waals surface area contributed by atoms with E-state index >= 15 is 0 Å². The molecule has 0 fully saturated rings. The zero-order valence-electron chi connectivity index (χ0n) is 8.97. The Morgan fingerprint density at radius 2 is 2.06 bits per heavy atom. The number of hydrogen-bond acceptors (Lipinski definition) is 2. The minimum absolute atomic E-state index is 0.0297. The van der Waals surface area contributed by atoms with Gasteiger partial charge in [0, 0.05) is 24.6 Å². The van der Waals surface area contributed by atoms with Crippen LogP contribution in [0.5, 0.6) is 0 Å². The van der Waals surface area contributed by atoms with Crippen LogP contribution < -0.4 is 0 Å². The number of nitrogens with zero attached hydrogens (tertiary/aromatic N) is 2. The highest BCUT2D eigenvalue weighted by atomic mass is 19.1. The van der Waals surface area contributed by atoms with Crippen molar-refractivity contribution in [2.45, 2.75) is 12.8 Å². The number of benzene rings is 1. The van der Waals surface area contributed by atoms with Gasteiger partial charge in [-0.25, -0.2) is 4.39 Å². The normalized spacial score (nSPS) is 12.7. The molecule has 0 aliphatic heterocycles. The molecule has 1 atom stereocenters. The quantitative estimate of drug-likeness (QED) is 0.858. The van der Waals surface area contributed by atoms with Gasteiger partial charge < -0.3 is 5.11 Å². The summed E-state index contributed by atoms with van der Waals surface area (Å²) in [5, 5.41) is 12.9. The molecular formula is C12H13FN2O. The van der Waals surface area contributed by atoms with Crippen LogP contribution in [0.1, 0.15) is 5.56 Å². The van der Waals surface area contributed by atoms with Crippen molar-refractivity contribution in [2.75, 3.05) is 0 Å². The summed E-state index contributed by atoms with van der Waals surface area (Å²) in [5.41, 5.74) is 2.53. The van der Waals surface area contributed by atoms with Gasteiger partial charge in [-0.3, -0.25) is 4.68 Å². The van der Waals surface area contributed by atoms with Crippen molar-refractivity contribution >= 4 is 0 Å². The second-order valence-electron chi connectivity index (χ2n) is 3.65. The fraction of sp³-hybridized carbons (Fsp3) is 0.250.